The molecule has 0 fully saturated rings. The van der Waals surface area contributed by atoms with Crippen LogP contribution in [0.4, 0.5) is 0 Å². The molecule has 2 N–H and O–H groups in total. The van der Waals surface area contributed by atoms with Crippen LogP contribution in [0.3, 0.4) is 0 Å². The SMILES string of the molecule is COC(=O)C(COCc1cccc(OCCOCCOCCOS(=O)(=O)c2ccc(C)cc2)c1)NC(=O)Cn1cc(COc2ccc3nc(S(=O)(=O)NC(c4ccccc4)(c4ccc(OC)cc4)c4ccc(OC)cc4)sc3c2)nn1. The first kappa shape index (κ1) is 59.3. The van der Waals surface area contributed by atoms with E-state index in [0.29, 0.717) is 55.6 Å². The van der Waals surface area contributed by atoms with Crippen LogP contribution in [-0.2, 0) is 78.2 Å². The number of aryl methyl sites for hydroxylation is 1. The molecule has 81 heavy (non-hydrogen) atoms. The Morgan fingerprint density at radius 3 is 1.95 bits per heavy atom. The average molecular weight is 1170 g/mol. The topological polar surface area (TPSA) is 253 Å². The van der Waals surface area contributed by atoms with Gasteiger partial charge in [0, 0.05) is 0 Å². The summed E-state index contributed by atoms with van der Waals surface area (Å²) in [7, 11) is -3.86. The number of benzene rings is 6. The Hall–Kier alpha value is -7.81. The molecule has 0 spiro atoms. The molecule has 21 nitrogen and oxygen atoms in total. The molecule has 0 aliphatic heterocycles. The van der Waals surface area contributed by atoms with Crippen molar-refractivity contribution in [1.82, 2.24) is 30.0 Å². The summed E-state index contributed by atoms with van der Waals surface area (Å²) in [6.07, 6.45) is 1.52. The average Bonchev–Trinajstić information content (AvgIpc) is 4.28. The Balaban J connectivity index is 0.792. The van der Waals surface area contributed by atoms with Gasteiger partial charge in [-0.3, -0.25) is 8.98 Å². The Labute approximate surface area is 473 Å². The maximum atomic E-state index is 14.6. The summed E-state index contributed by atoms with van der Waals surface area (Å²) in [5.74, 6) is 0.916. The zero-order chi connectivity index (χ0) is 57.2. The molecule has 1 amide bonds. The lowest BCUT2D eigenvalue weighted by molar-refractivity contribution is -0.147. The monoisotopic (exact) mass is 1160 g/mol. The van der Waals surface area contributed by atoms with Crippen molar-refractivity contribution in [3.8, 4) is 23.0 Å². The molecule has 6 aromatic carbocycles. The van der Waals surface area contributed by atoms with Gasteiger partial charge in [-0.2, -0.15) is 13.1 Å². The standard InChI is InChI=1S/C57H60N6O15S3/c1-40-13-24-50(25-14-40)81(68,69)78-32-30-74-28-27-73-29-31-76-48-12-8-9-41(33-48)37-75-39-52(55(65)72-4)58-54(64)36-63-35-45(60-62-63)38-77-49-23-26-51-53(34-49)79-56(59-51)80(66,67)61-57(42-10-6-5-7-11-42,43-15-19-46(70-2)20-16-43)44-17-21-47(71-3)22-18-44/h5-26,33-35,52,61H,27-32,36-39H2,1-4H3,(H,58,64). The van der Waals surface area contributed by atoms with Crippen LogP contribution in [-0.4, -0.2) is 122 Å². The molecule has 0 aliphatic rings. The van der Waals surface area contributed by atoms with Crippen LogP contribution in [0.2, 0.25) is 0 Å². The maximum Gasteiger partial charge on any atom is 0.330 e. The fourth-order valence-electron chi connectivity index (χ4n) is 8.25. The van der Waals surface area contributed by atoms with E-state index in [0.717, 1.165) is 22.5 Å². The van der Waals surface area contributed by atoms with Crippen molar-refractivity contribution in [1.29, 1.82) is 0 Å². The Kier molecular flexibility index (Phi) is 20.5. The molecular formula is C57H60N6O15S3. The minimum Gasteiger partial charge on any atom is -0.497 e. The van der Waals surface area contributed by atoms with Crippen LogP contribution >= 0.6 is 11.3 Å². The molecule has 0 radical (unpaired) electrons. The van der Waals surface area contributed by atoms with Crippen molar-refractivity contribution in [2.24, 2.45) is 0 Å². The number of thiazole rings is 1. The van der Waals surface area contributed by atoms with Gasteiger partial charge in [-0.25, -0.2) is 22.9 Å². The normalized spacial score (nSPS) is 12.2. The van der Waals surface area contributed by atoms with Gasteiger partial charge in [-0.1, -0.05) is 89.6 Å². The summed E-state index contributed by atoms with van der Waals surface area (Å²) in [6.45, 7) is 2.41. The number of carbonyl (C=O) groups is 2. The molecular weight excluding hydrogens is 1100 g/mol. The molecule has 2 aromatic heterocycles. The number of rotatable bonds is 31. The van der Waals surface area contributed by atoms with Crippen molar-refractivity contribution in [3.63, 3.8) is 0 Å². The lowest BCUT2D eigenvalue weighted by atomic mass is 9.78. The fourth-order valence-corrected chi connectivity index (χ4v) is 11.8. The van der Waals surface area contributed by atoms with E-state index >= 15 is 0 Å². The highest BCUT2D eigenvalue weighted by Gasteiger charge is 2.42. The summed E-state index contributed by atoms with van der Waals surface area (Å²) in [5.41, 5.74) is 3.04. The number of amides is 1. The number of fused-ring (bicyclic) bond motifs is 1. The van der Waals surface area contributed by atoms with E-state index in [9.17, 15) is 26.4 Å². The summed E-state index contributed by atoms with van der Waals surface area (Å²) in [6, 6.07) is 41.1. The molecule has 426 valence electrons. The van der Waals surface area contributed by atoms with Crippen LogP contribution < -0.4 is 29.0 Å². The molecule has 0 saturated carbocycles. The lowest BCUT2D eigenvalue weighted by Gasteiger charge is -2.36. The van der Waals surface area contributed by atoms with Crippen molar-refractivity contribution < 1.29 is 68.5 Å². The zero-order valence-electron chi connectivity index (χ0n) is 44.7. The molecule has 8 rings (SSSR count). The number of hydrogen-bond acceptors (Lipinski definition) is 19. The van der Waals surface area contributed by atoms with Crippen LogP contribution in [0.1, 0.15) is 33.5 Å². The zero-order valence-corrected chi connectivity index (χ0v) is 47.2. The predicted octanol–water partition coefficient (Wildman–Crippen LogP) is 6.75. The summed E-state index contributed by atoms with van der Waals surface area (Å²) < 4.78 is 108. The third kappa shape index (κ3) is 16.0. The number of hydrogen-bond donors (Lipinski definition) is 2. The van der Waals surface area contributed by atoms with E-state index in [-0.39, 0.29) is 75.2 Å². The first-order valence-electron chi connectivity index (χ1n) is 25.3. The van der Waals surface area contributed by atoms with Gasteiger partial charge in [-0.05, 0) is 95.9 Å². The second-order valence-corrected chi connectivity index (χ2v) is 22.5. The quantitative estimate of drug-likeness (QED) is 0.0197. The smallest absolute Gasteiger partial charge is 0.330 e. The number of aromatic nitrogens is 4. The lowest BCUT2D eigenvalue weighted by Crippen LogP contribution is -2.47. The number of esters is 1. The van der Waals surface area contributed by atoms with E-state index in [4.69, 9.17) is 42.1 Å². The Bertz CT molecular complexity index is 3520. The van der Waals surface area contributed by atoms with Crippen LogP contribution in [0.5, 0.6) is 23.0 Å². The minimum atomic E-state index is -4.33. The van der Waals surface area contributed by atoms with E-state index < -0.39 is 43.6 Å². The molecule has 0 aliphatic carbocycles. The van der Waals surface area contributed by atoms with Gasteiger partial charge >= 0.3 is 5.97 Å². The van der Waals surface area contributed by atoms with Crippen molar-refractivity contribution >= 4 is 53.6 Å². The van der Waals surface area contributed by atoms with Gasteiger partial charge in [0.05, 0.1) is 88.9 Å². The maximum absolute atomic E-state index is 14.6. The van der Waals surface area contributed by atoms with Crippen LogP contribution in [0.15, 0.2) is 161 Å². The van der Waals surface area contributed by atoms with Gasteiger partial charge in [-0.15, -0.1) is 16.4 Å². The summed E-state index contributed by atoms with van der Waals surface area (Å²) in [5, 5.41) is 10.8. The van der Waals surface area contributed by atoms with E-state index in [1.54, 1.807) is 87.0 Å². The van der Waals surface area contributed by atoms with Crippen molar-refractivity contribution in [2.45, 2.75) is 47.5 Å². The summed E-state index contributed by atoms with van der Waals surface area (Å²) in [4.78, 5) is 30.5. The van der Waals surface area contributed by atoms with Gasteiger partial charge < -0.3 is 43.2 Å². The third-order valence-electron chi connectivity index (χ3n) is 12.3. The number of sulfonamides is 1. The molecule has 1 unspecified atom stereocenters. The highest BCUT2D eigenvalue weighted by Crippen LogP contribution is 2.41. The van der Waals surface area contributed by atoms with Gasteiger partial charge in [0.2, 0.25) is 10.2 Å². The molecule has 1 atom stereocenters. The molecule has 2 heterocycles. The molecule has 0 saturated heterocycles. The van der Waals surface area contributed by atoms with Crippen molar-refractivity contribution in [3.05, 3.63) is 185 Å². The number of methoxy groups -OCH3 is 3. The molecule has 8 aromatic rings. The largest absolute Gasteiger partial charge is 0.497 e. The number of nitrogens with one attached hydrogen (secondary N) is 2. The number of nitrogens with zero attached hydrogens (tertiary/aromatic N) is 4. The van der Waals surface area contributed by atoms with Crippen LogP contribution in [0.25, 0.3) is 10.2 Å². The second kappa shape index (κ2) is 28.1. The highest BCUT2D eigenvalue weighted by atomic mass is 32.2. The minimum absolute atomic E-state index is 0.0403. The highest BCUT2D eigenvalue weighted by molar-refractivity contribution is 7.91. The first-order valence-corrected chi connectivity index (χ1v) is 29.0. The van der Waals surface area contributed by atoms with Gasteiger partial charge in [0.15, 0.2) is 6.04 Å². The number of carbonyl (C=O) groups excluding carboxylic acids is 2. The van der Waals surface area contributed by atoms with E-state index in [1.165, 1.54) is 30.1 Å². The van der Waals surface area contributed by atoms with Gasteiger partial charge in [0.25, 0.3) is 20.1 Å². The third-order valence-corrected chi connectivity index (χ3v) is 16.5. The number of ether oxygens (including phenoxy) is 8. The van der Waals surface area contributed by atoms with Crippen molar-refractivity contribution in [2.75, 3.05) is 67.6 Å². The Morgan fingerprint density at radius 1 is 0.654 bits per heavy atom. The molecule has 0 bridgehead atoms. The van der Waals surface area contributed by atoms with Gasteiger partial charge in [0.1, 0.15) is 54.0 Å². The summed E-state index contributed by atoms with van der Waals surface area (Å²) >= 11 is 0.984. The fraction of sp³-hybridized carbons (Fsp3) is 0.281. The molecule has 24 heteroatoms. The second-order valence-electron chi connectivity index (χ2n) is 18.0. The first-order chi connectivity index (χ1) is 39.2. The Morgan fingerprint density at radius 2 is 1.28 bits per heavy atom. The predicted molar refractivity (Wildman–Crippen MR) is 298 cm³/mol. The van der Waals surface area contributed by atoms with E-state index in [2.05, 4.69) is 25.3 Å². The van der Waals surface area contributed by atoms with E-state index in [1.807, 2.05) is 67.6 Å². The van der Waals surface area contributed by atoms with Crippen LogP contribution in [0, 0.1) is 6.92 Å².